The van der Waals surface area contributed by atoms with Gasteiger partial charge < -0.3 is 10.5 Å². The average Bonchev–Trinajstić information content (AvgIpc) is 2.68. The molecular weight excluding hydrogens is 216 g/mol. The zero-order valence-corrected chi connectivity index (χ0v) is 10.5. The minimum atomic E-state index is -0.278. The number of hydrogen-bond donors (Lipinski definition) is 2. The summed E-state index contributed by atoms with van der Waals surface area (Å²) in [7, 11) is 1.77. The summed E-state index contributed by atoms with van der Waals surface area (Å²) < 4.78 is 5.76. The summed E-state index contributed by atoms with van der Waals surface area (Å²) in [6.45, 7) is 0.592. The third-order valence-corrected chi connectivity index (χ3v) is 3.62. The molecule has 1 fully saturated rings. The van der Waals surface area contributed by atoms with Crippen LogP contribution in [0.15, 0.2) is 0 Å². The first kappa shape index (κ1) is 12.5. The van der Waals surface area contributed by atoms with E-state index in [-0.39, 0.29) is 5.60 Å². The number of aromatic nitrogens is 3. The summed E-state index contributed by atoms with van der Waals surface area (Å²) in [5.74, 6) is 1.67. The van der Waals surface area contributed by atoms with Gasteiger partial charge in [0.15, 0.2) is 5.82 Å². The van der Waals surface area contributed by atoms with E-state index in [1.807, 2.05) is 0 Å². The maximum Gasteiger partial charge on any atom is 0.182 e. The van der Waals surface area contributed by atoms with Gasteiger partial charge in [-0.05, 0) is 19.4 Å². The zero-order valence-electron chi connectivity index (χ0n) is 10.5. The Bertz CT molecular complexity index is 342. The first-order chi connectivity index (χ1) is 8.30. The molecule has 0 bridgehead atoms. The fraction of sp³-hybridized carbons (Fsp3) is 0.833. The molecule has 1 heterocycles. The SMILES string of the molecule is COC1(c2n[nH]c(CCN)n2)CCCCCC1. The Balaban J connectivity index is 2.19. The smallest absolute Gasteiger partial charge is 0.182 e. The summed E-state index contributed by atoms with van der Waals surface area (Å²) in [4.78, 5) is 4.54. The van der Waals surface area contributed by atoms with Crippen LogP contribution in [-0.2, 0) is 16.8 Å². The van der Waals surface area contributed by atoms with E-state index in [4.69, 9.17) is 10.5 Å². The normalized spacial score (nSPS) is 20.1. The summed E-state index contributed by atoms with van der Waals surface area (Å²) in [6.07, 6.45) is 7.72. The molecular formula is C12H22N4O. The molecule has 1 aliphatic rings. The van der Waals surface area contributed by atoms with Gasteiger partial charge in [0.2, 0.25) is 0 Å². The number of methoxy groups -OCH3 is 1. The molecule has 0 aromatic carbocycles. The lowest BCUT2D eigenvalue weighted by molar-refractivity contribution is -0.0349. The quantitative estimate of drug-likeness (QED) is 0.779. The Labute approximate surface area is 102 Å². The number of nitrogens with one attached hydrogen (secondary N) is 1. The lowest BCUT2D eigenvalue weighted by Crippen LogP contribution is -2.29. The Hall–Kier alpha value is -0.940. The summed E-state index contributed by atoms with van der Waals surface area (Å²) >= 11 is 0. The van der Waals surface area contributed by atoms with E-state index in [1.165, 1.54) is 25.7 Å². The van der Waals surface area contributed by atoms with E-state index < -0.39 is 0 Å². The van der Waals surface area contributed by atoms with Crippen LogP contribution in [0.3, 0.4) is 0 Å². The predicted molar refractivity (Wildman–Crippen MR) is 65.5 cm³/mol. The van der Waals surface area contributed by atoms with Crippen molar-refractivity contribution in [1.29, 1.82) is 0 Å². The fourth-order valence-electron chi connectivity index (χ4n) is 2.57. The van der Waals surface area contributed by atoms with Crippen molar-refractivity contribution in [1.82, 2.24) is 15.2 Å². The first-order valence-corrected chi connectivity index (χ1v) is 6.48. The van der Waals surface area contributed by atoms with E-state index in [1.54, 1.807) is 7.11 Å². The highest BCUT2D eigenvalue weighted by molar-refractivity contribution is 5.04. The molecule has 1 aliphatic carbocycles. The number of hydrogen-bond acceptors (Lipinski definition) is 4. The molecule has 0 unspecified atom stereocenters. The van der Waals surface area contributed by atoms with Gasteiger partial charge in [0.1, 0.15) is 11.4 Å². The van der Waals surface area contributed by atoms with Crippen LogP contribution >= 0.6 is 0 Å². The molecule has 17 heavy (non-hydrogen) atoms. The van der Waals surface area contributed by atoms with Gasteiger partial charge in [-0.2, -0.15) is 5.10 Å². The van der Waals surface area contributed by atoms with Gasteiger partial charge in [-0.25, -0.2) is 4.98 Å². The molecule has 0 spiro atoms. The molecule has 5 nitrogen and oxygen atoms in total. The largest absolute Gasteiger partial charge is 0.370 e. The number of H-pyrrole nitrogens is 1. The summed E-state index contributed by atoms with van der Waals surface area (Å²) in [5.41, 5.74) is 5.24. The third-order valence-electron chi connectivity index (χ3n) is 3.62. The van der Waals surface area contributed by atoms with Crippen molar-refractivity contribution in [2.45, 2.75) is 50.5 Å². The Kier molecular flexibility index (Phi) is 4.12. The van der Waals surface area contributed by atoms with Crippen molar-refractivity contribution in [3.8, 4) is 0 Å². The molecule has 3 N–H and O–H groups in total. The van der Waals surface area contributed by atoms with Crippen LogP contribution in [0.4, 0.5) is 0 Å². The molecule has 0 aliphatic heterocycles. The third kappa shape index (κ3) is 2.66. The van der Waals surface area contributed by atoms with E-state index in [9.17, 15) is 0 Å². The lowest BCUT2D eigenvalue weighted by atomic mass is 9.93. The minimum absolute atomic E-state index is 0.278. The van der Waals surface area contributed by atoms with Crippen LogP contribution in [0.5, 0.6) is 0 Å². The molecule has 0 radical (unpaired) electrons. The molecule has 0 saturated heterocycles. The number of rotatable bonds is 4. The van der Waals surface area contributed by atoms with Crippen LogP contribution in [-0.4, -0.2) is 28.8 Å². The van der Waals surface area contributed by atoms with Crippen molar-refractivity contribution in [3.63, 3.8) is 0 Å². The molecule has 0 atom stereocenters. The van der Waals surface area contributed by atoms with Gasteiger partial charge >= 0.3 is 0 Å². The molecule has 2 rings (SSSR count). The molecule has 1 saturated carbocycles. The van der Waals surface area contributed by atoms with Gasteiger partial charge in [-0.15, -0.1) is 0 Å². The van der Waals surface area contributed by atoms with Crippen LogP contribution < -0.4 is 5.73 Å². The molecule has 1 aromatic rings. The number of ether oxygens (including phenoxy) is 1. The van der Waals surface area contributed by atoms with Crippen molar-refractivity contribution in [3.05, 3.63) is 11.6 Å². The van der Waals surface area contributed by atoms with Gasteiger partial charge in [0.25, 0.3) is 0 Å². The standard InChI is InChI=1S/C12H22N4O/c1-17-12(7-4-2-3-5-8-12)11-14-10(6-9-13)15-16-11/h2-9,13H2,1H3,(H,14,15,16). The topological polar surface area (TPSA) is 76.8 Å². The lowest BCUT2D eigenvalue weighted by Gasteiger charge is -2.28. The maximum atomic E-state index is 5.76. The second-order valence-corrected chi connectivity index (χ2v) is 4.76. The van der Waals surface area contributed by atoms with Crippen molar-refractivity contribution >= 4 is 0 Å². The molecule has 96 valence electrons. The Morgan fingerprint density at radius 3 is 2.59 bits per heavy atom. The zero-order chi connectivity index (χ0) is 12.1. The highest BCUT2D eigenvalue weighted by Crippen LogP contribution is 2.37. The Morgan fingerprint density at radius 1 is 1.29 bits per heavy atom. The van der Waals surface area contributed by atoms with Crippen LogP contribution in [0.2, 0.25) is 0 Å². The summed E-state index contributed by atoms with van der Waals surface area (Å²) in [5, 5.41) is 7.29. The molecule has 1 aromatic heterocycles. The second kappa shape index (κ2) is 5.60. The number of nitrogens with zero attached hydrogens (tertiary/aromatic N) is 2. The van der Waals surface area contributed by atoms with E-state index in [2.05, 4.69) is 15.2 Å². The fourth-order valence-corrected chi connectivity index (χ4v) is 2.57. The maximum absolute atomic E-state index is 5.76. The number of nitrogens with two attached hydrogens (primary N) is 1. The highest BCUT2D eigenvalue weighted by Gasteiger charge is 2.36. The minimum Gasteiger partial charge on any atom is -0.370 e. The van der Waals surface area contributed by atoms with Crippen molar-refractivity contribution in [2.24, 2.45) is 5.73 Å². The van der Waals surface area contributed by atoms with Gasteiger partial charge in [-0.3, -0.25) is 5.10 Å². The summed E-state index contributed by atoms with van der Waals surface area (Å²) in [6, 6.07) is 0. The van der Waals surface area contributed by atoms with Gasteiger partial charge in [0, 0.05) is 13.5 Å². The van der Waals surface area contributed by atoms with Crippen LogP contribution in [0.25, 0.3) is 0 Å². The molecule has 0 amide bonds. The average molecular weight is 238 g/mol. The monoisotopic (exact) mass is 238 g/mol. The Morgan fingerprint density at radius 2 is 2.00 bits per heavy atom. The van der Waals surface area contributed by atoms with E-state index in [0.29, 0.717) is 6.54 Å². The van der Waals surface area contributed by atoms with Gasteiger partial charge in [0.05, 0.1) is 0 Å². The van der Waals surface area contributed by atoms with Gasteiger partial charge in [-0.1, -0.05) is 25.7 Å². The van der Waals surface area contributed by atoms with Crippen LogP contribution in [0.1, 0.15) is 50.2 Å². The highest BCUT2D eigenvalue weighted by atomic mass is 16.5. The predicted octanol–water partition coefficient (Wildman–Crippen LogP) is 1.50. The second-order valence-electron chi connectivity index (χ2n) is 4.76. The van der Waals surface area contributed by atoms with Crippen LogP contribution in [0, 0.1) is 0 Å². The van der Waals surface area contributed by atoms with Crippen molar-refractivity contribution in [2.75, 3.05) is 13.7 Å². The first-order valence-electron chi connectivity index (χ1n) is 6.48. The van der Waals surface area contributed by atoms with Crippen molar-refractivity contribution < 1.29 is 4.74 Å². The van der Waals surface area contributed by atoms with E-state index >= 15 is 0 Å². The molecule has 5 heteroatoms. The number of aromatic amines is 1. The van der Waals surface area contributed by atoms with E-state index in [0.717, 1.165) is 30.9 Å².